The number of nitrogens with one attached hydrogen (secondary N) is 1. The molecule has 2 unspecified atom stereocenters. The molecule has 7 nitrogen and oxygen atoms in total. The van der Waals surface area contributed by atoms with E-state index in [0.29, 0.717) is 41.4 Å². The molecule has 3 heterocycles. The molecular formula is C23H25ClN6O. The number of carbonyl (C=O) groups is 1. The van der Waals surface area contributed by atoms with Gasteiger partial charge in [-0.2, -0.15) is 0 Å². The second kappa shape index (κ2) is 9.39. The van der Waals surface area contributed by atoms with Crippen molar-refractivity contribution in [3.8, 4) is 11.4 Å². The summed E-state index contributed by atoms with van der Waals surface area (Å²) in [4.78, 5) is 32.8. The van der Waals surface area contributed by atoms with Crippen LogP contribution in [-0.4, -0.2) is 49.9 Å². The molecule has 3 aromatic rings. The predicted molar refractivity (Wildman–Crippen MR) is 121 cm³/mol. The molecule has 0 bridgehead atoms. The van der Waals surface area contributed by atoms with Crippen molar-refractivity contribution in [2.24, 2.45) is 5.92 Å². The first-order valence-electron chi connectivity index (χ1n) is 10.4. The SMILES string of the molecule is Cc1ccc(C(=O)N2CCCC(C)C2CNc2ncc(Cl)cn2)c(-c2ncccn2)c1. The zero-order chi connectivity index (χ0) is 21.8. The van der Waals surface area contributed by atoms with Crippen molar-refractivity contribution in [1.82, 2.24) is 24.8 Å². The summed E-state index contributed by atoms with van der Waals surface area (Å²) < 4.78 is 0. The van der Waals surface area contributed by atoms with Crippen LogP contribution in [0.4, 0.5) is 5.95 Å². The molecule has 0 spiro atoms. The number of likely N-dealkylation sites (tertiary alicyclic amines) is 1. The molecule has 1 fully saturated rings. The number of aromatic nitrogens is 4. The number of halogens is 1. The van der Waals surface area contributed by atoms with Gasteiger partial charge in [-0.05, 0) is 43.9 Å². The molecule has 0 aliphatic carbocycles. The van der Waals surface area contributed by atoms with Crippen LogP contribution in [-0.2, 0) is 0 Å². The second-order valence-electron chi connectivity index (χ2n) is 7.91. The van der Waals surface area contributed by atoms with Gasteiger partial charge in [-0.25, -0.2) is 19.9 Å². The fourth-order valence-corrected chi connectivity index (χ4v) is 4.13. The molecule has 0 saturated carbocycles. The lowest BCUT2D eigenvalue weighted by Gasteiger charge is -2.40. The zero-order valence-electron chi connectivity index (χ0n) is 17.6. The average molecular weight is 437 g/mol. The maximum Gasteiger partial charge on any atom is 0.254 e. The molecule has 1 saturated heterocycles. The first-order valence-corrected chi connectivity index (χ1v) is 10.8. The molecule has 1 amide bonds. The van der Waals surface area contributed by atoms with E-state index in [-0.39, 0.29) is 11.9 Å². The van der Waals surface area contributed by atoms with Crippen molar-refractivity contribution in [3.63, 3.8) is 0 Å². The number of piperidine rings is 1. The minimum Gasteiger partial charge on any atom is -0.352 e. The van der Waals surface area contributed by atoms with Gasteiger partial charge in [0.2, 0.25) is 5.95 Å². The van der Waals surface area contributed by atoms with E-state index in [2.05, 4.69) is 32.2 Å². The smallest absolute Gasteiger partial charge is 0.254 e. The van der Waals surface area contributed by atoms with Crippen LogP contribution < -0.4 is 5.32 Å². The van der Waals surface area contributed by atoms with Crippen LogP contribution in [0.15, 0.2) is 49.1 Å². The van der Waals surface area contributed by atoms with E-state index in [1.807, 2.05) is 30.0 Å². The Balaban J connectivity index is 1.61. The van der Waals surface area contributed by atoms with Crippen molar-refractivity contribution in [3.05, 3.63) is 65.2 Å². The topological polar surface area (TPSA) is 83.9 Å². The van der Waals surface area contributed by atoms with Gasteiger partial charge >= 0.3 is 0 Å². The summed E-state index contributed by atoms with van der Waals surface area (Å²) in [7, 11) is 0. The Morgan fingerprint density at radius 3 is 2.68 bits per heavy atom. The lowest BCUT2D eigenvalue weighted by Crippen LogP contribution is -2.51. The van der Waals surface area contributed by atoms with Gasteiger partial charge in [0, 0.05) is 31.0 Å². The number of anilines is 1. The fraction of sp³-hybridized carbons (Fsp3) is 0.348. The Kier molecular flexibility index (Phi) is 6.42. The Morgan fingerprint density at radius 1 is 1.19 bits per heavy atom. The predicted octanol–water partition coefficient (Wildman–Crippen LogP) is 4.25. The molecule has 31 heavy (non-hydrogen) atoms. The van der Waals surface area contributed by atoms with E-state index in [1.54, 1.807) is 30.9 Å². The maximum atomic E-state index is 13.7. The Morgan fingerprint density at radius 2 is 1.94 bits per heavy atom. The monoisotopic (exact) mass is 436 g/mol. The van der Waals surface area contributed by atoms with Crippen LogP contribution >= 0.6 is 11.6 Å². The molecule has 2 aromatic heterocycles. The quantitative estimate of drug-likeness (QED) is 0.643. The molecule has 1 aliphatic heterocycles. The standard InChI is InChI=1S/C23H25ClN6O/c1-15-6-7-18(19(11-15)21-25-8-4-9-26-21)22(31)30-10-3-5-16(2)20(30)14-29-23-27-12-17(24)13-28-23/h4,6-9,11-13,16,20H,3,5,10,14H2,1-2H3,(H,27,28,29). The molecule has 2 atom stereocenters. The van der Waals surface area contributed by atoms with Gasteiger partial charge < -0.3 is 10.2 Å². The average Bonchev–Trinajstić information content (AvgIpc) is 2.79. The summed E-state index contributed by atoms with van der Waals surface area (Å²) in [6, 6.07) is 7.61. The summed E-state index contributed by atoms with van der Waals surface area (Å²) in [5.41, 5.74) is 2.44. The van der Waals surface area contributed by atoms with E-state index in [9.17, 15) is 4.79 Å². The van der Waals surface area contributed by atoms with Crippen molar-refractivity contribution < 1.29 is 4.79 Å². The third kappa shape index (κ3) is 4.82. The third-order valence-electron chi connectivity index (χ3n) is 5.68. The largest absolute Gasteiger partial charge is 0.352 e. The molecule has 0 radical (unpaired) electrons. The fourth-order valence-electron chi connectivity index (χ4n) is 4.03. The van der Waals surface area contributed by atoms with Crippen LogP contribution in [0.3, 0.4) is 0 Å². The number of carbonyl (C=O) groups excluding carboxylic acids is 1. The van der Waals surface area contributed by atoms with Crippen LogP contribution in [0.5, 0.6) is 0 Å². The van der Waals surface area contributed by atoms with E-state index >= 15 is 0 Å². The first-order chi connectivity index (χ1) is 15.0. The zero-order valence-corrected chi connectivity index (χ0v) is 18.4. The lowest BCUT2D eigenvalue weighted by molar-refractivity contribution is 0.0540. The minimum atomic E-state index is -0.00201. The highest BCUT2D eigenvalue weighted by molar-refractivity contribution is 6.30. The normalized spacial score (nSPS) is 18.6. The van der Waals surface area contributed by atoms with Gasteiger partial charge in [-0.3, -0.25) is 4.79 Å². The number of amides is 1. The lowest BCUT2D eigenvalue weighted by atomic mass is 9.89. The van der Waals surface area contributed by atoms with E-state index < -0.39 is 0 Å². The van der Waals surface area contributed by atoms with Crippen molar-refractivity contribution in [2.45, 2.75) is 32.7 Å². The van der Waals surface area contributed by atoms with Crippen molar-refractivity contribution >= 4 is 23.5 Å². The van der Waals surface area contributed by atoms with E-state index in [0.717, 1.165) is 24.0 Å². The molecule has 1 aliphatic rings. The molecule has 160 valence electrons. The van der Waals surface area contributed by atoms with Gasteiger partial charge in [-0.1, -0.05) is 30.2 Å². The molecule has 1 aromatic carbocycles. The van der Waals surface area contributed by atoms with Gasteiger partial charge in [0.25, 0.3) is 5.91 Å². The summed E-state index contributed by atoms with van der Waals surface area (Å²) in [6.07, 6.45) is 8.55. The minimum absolute atomic E-state index is 0.00201. The maximum absolute atomic E-state index is 13.7. The number of hydrogen-bond acceptors (Lipinski definition) is 6. The van der Waals surface area contributed by atoms with Gasteiger partial charge in [0.1, 0.15) is 0 Å². The first kappa shape index (κ1) is 21.2. The number of benzene rings is 1. The number of rotatable bonds is 5. The van der Waals surface area contributed by atoms with Crippen LogP contribution in [0.25, 0.3) is 11.4 Å². The highest BCUT2D eigenvalue weighted by Crippen LogP contribution is 2.29. The Hall–Kier alpha value is -3.06. The third-order valence-corrected chi connectivity index (χ3v) is 5.87. The van der Waals surface area contributed by atoms with Crippen LogP contribution in [0, 0.1) is 12.8 Å². The van der Waals surface area contributed by atoms with Crippen molar-refractivity contribution in [2.75, 3.05) is 18.4 Å². The summed E-state index contributed by atoms with van der Waals surface area (Å²) in [5.74, 6) is 1.41. The van der Waals surface area contributed by atoms with Gasteiger partial charge in [-0.15, -0.1) is 0 Å². The number of nitrogens with zero attached hydrogens (tertiary/aromatic N) is 5. The molecule has 1 N–H and O–H groups in total. The summed E-state index contributed by atoms with van der Waals surface area (Å²) in [5, 5.41) is 3.75. The second-order valence-corrected chi connectivity index (χ2v) is 8.35. The van der Waals surface area contributed by atoms with E-state index in [4.69, 9.17) is 11.6 Å². The molecular weight excluding hydrogens is 412 g/mol. The highest BCUT2D eigenvalue weighted by Gasteiger charge is 2.33. The van der Waals surface area contributed by atoms with Gasteiger partial charge in [0.15, 0.2) is 5.82 Å². The summed E-state index contributed by atoms with van der Waals surface area (Å²) in [6.45, 7) is 5.46. The van der Waals surface area contributed by atoms with E-state index in [1.165, 1.54) is 0 Å². The number of hydrogen-bond donors (Lipinski definition) is 1. The summed E-state index contributed by atoms with van der Waals surface area (Å²) >= 11 is 5.88. The van der Waals surface area contributed by atoms with Crippen LogP contribution in [0.1, 0.15) is 35.7 Å². The van der Waals surface area contributed by atoms with Gasteiger partial charge in [0.05, 0.1) is 29.0 Å². The Bertz CT molecular complexity index is 1040. The highest BCUT2D eigenvalue weighted by atomic mass is 35.5. The van der Waals surface area contributed by atoms with Crippen molar-refractivity contribution in [1.29, 1.82) is 0 Å². The number of aryl methyl sites for hydroxylation is 1. The Labute approximate surface area is 186 Å². The van der Waals surface area contributed by atoms with Crippen LogP contribution in [0.2, 0.25) is 5.02 Å². The molecule has 8 heteroatoms. The molecule has 4 rings (SSSR count).